The molecule has 0 saturated heterocycles. The van der Waals surface area contributed by atoms with Gasteiger partial charge in [0.25, 0.3) is 0 Å². The van der Waals surface area contributed by atoms with Gasteiger partial charge in [0.2, 0.25) is 5.91 Å². The number of nitrogens with two attached hydrogens (primary N) is 1. The van der Waals surface area contributed by atoms with Crippen LogP contribution >= 0.6 is 12.4 Å². The lowest BCUT2D eigenvalue weighted by molar-refractivity contribution is -0.166. The Morgan fingerprint density at radius 1 is 1.40 bits per heavy atom. The van der Waals surface area contributed by atoms with Crippen molar-refractivity contribution in [3.05, 3.63) is 36.7 Å². The zero-order valence-corrected chi connectivity index (χ0v) is 15.4. The summed E-state index contributed by atoms with van der Waals surface area (Å²) in [5.74, 6) is -0.183. The number of anilines is 1. The second kappa shape index (κ2) is 7.11. The number of benzene rings is 1. The van der Waals surface area contributed by atoms with Crippen molar-refractivity contribution in [2.75, 3.05) is 11.9 Å². The summed E-state index contributed by atoms with van der Waals surface area (Å²) in [5, 5.41) is 10.6. The van der Waals surface area contributed by atoms with Crippen LogP contribution in [-0.2, 0) is 9.53 Å². The molecule has 2 aromatic rings. The first-order chi connectivity index (χ1) is 11.4. The smallest absolute Gasteiger partial charge is 0.245 e. The first-order valence-electron chi connectivity index (χ1n) is 8.07. The predicted molar refractivity (Wildman–Crippen MR) is 98.0 cm³/mol. The van der Waals surface area contributed by atoms with Gasteiger partial charge in [-0.25, -0.2) is 4.68 Å². The second-order valence-corrected chi connectivity index (χ2v) is 6.69. The maximum absolute atomic E-state index is 12.7. The molecule has 1 amide bonds. The van der Waals surface area contributed by atoms with E-state index >= 15 is 0 Å². The lowest BCUT2D eigenvalue weighted by Crippen LogP contribution is -2.74. The third kappa shape index (κ3) is 3.27. The summed E-state index contributed by atoms with van der Waals surface area (Å²) < 4.78 is 7.32. The van der Waals surface area contributed by atoms with Gasteiger partial charge in [-0.3, -0.25) is 4.79 Å². The summed E-state index contributed by atoms with van der Waals surface area (Å²) in [7, 11) is 0. The highest BCUT2D eigenvalue weighted by atomic mass is 35.5. The highest BCUT2D eigenvalue weighted by Crippen LogP contribution is 2.50. The Labute approximate surface area is 153 Å². The molecule has 0 bridgehead atoms. The van der Waals surface area contributed by atoms with Gasteiger partial charge in [0, 0.05) is 24.1 Å². The monoisotopic (exact) mass is 365 g/mol. The number of ether oxygens (including phenoxy) is 1. The number of hydrogen-bond donors (Lipinski definition) is 2. The molecule has 1 aliphatic carbocycles. The van der Waals surface area contributed by atoms with Crippen LogP contribution in [0, 0.1) is 5.41 Å². The molecule has 0 aliphatic heterocycles. The van der Waals surface area contributed by atoms with Crippen LogP contribution in [-0.4, -0.2) is 39.2 Å². The molecule has 2 unspecified atom stereocenters. The summed E-state index contributed by atoms with van der Waals surface area (Å²) in [4.78, 5) is 12.7. The number of nitrogens with zero attached hydrogens (tertiary/aromatic N) is 3. The number of nitrogens with one attached hydrogen (secondary N) is 1. The second-order valence-electron chi connectivity index (χ2n) is 6.69. The van der Waals surface area contributed by atoms with E-state index in [4.69, 9.17) is 10.5 Å². The van der Waals surface area contributed by atoms with Crippen LogP contribution in [0.1, 0.15) is 27.2 Å². The van der Waals surface area contributed by atoms with Gasteiger partial charge >= 0.3 is 0 Å². The van der Waals surface area contributed by atoms with E-state index in [-0.39, 0.29) is 24.4 Å². The molecule has 136 valence electrons. The van der Waals surface area contributed by atoms with Gasteiger partial charge in [0.05, 0.1) is 24.2 Å². The normalized spacial score (nSPS) is 24.1. The number of amides is 1. The Morgan fingerprint density at radius 2 is 2.08 bits per heavy atom. The van der Waals surface area contributed by atoms with Crippen molar-refractivity contribution in [3.63, 3.8) is 0 Å². The number of aromatic nitrogens is 3. The molecule has 7 nitrogen and oxygen atoms in total. The van der Waals surface area contributed by atoms with E-state index in [0.29, 0.717) is 18.7 Å². The van der Waals surface area contributed by atoms with E-state index in [0.717, 1.165) is 5.69 Å². The molecule has 1 fully saturated rings. The largest absolute Gasteiger partial charge is 0.378 e. The molecular formula is C17H24ClN5O2. The molecule has 8 heteroatoms. The number of halogens is 1. The Bertz CT molecular complexity index is 717. The molecule has 2 atom stereocenters. The summed E-state index contributed by atoms with van der Waals surface area (Å²) in [5.41, 5.74) is 6.61. The fourth-order valence-corrected chi connectivity index (χ4v) is 3.11. The first-order valence-corrected chi connectivity index (χ1v) is 8.07. The van der Waals surface area contributed by atoms with E-state index in [1.54, 1.807) is 17.1 Å². The van der Waals surface area contributed by atoms with E-state index in [9.17, 15) is 4.79 Å². The SMILES string of the molecule is CCOC1CC(N)(C(=O)Nc2ccc(-n3ccnn3)cc2)C1(C)C.Cl. The molecule has 0 spiro atoms. The van der Waals surface area contributed by atoms with Crippen molar-refractivity contribution >= 4 is 24.0 Å². The standard InChI is InChI=1S/C17H23N5O2.ClH/c1-4-24-14-11-17(18,16(14,2)3)15(23)20-12-5-7-13(8-6-12)22-10-9-19-21-22;/h5-10,14H,4,11,18H2,1-3H3,(H,20,23);1H. The number of hydrogen-bond acceptors (Lipinski definition) is 5. The van der Waals surface area contributed by atoms with Crippen molar-refractivity contribution in [2.24, 2.45) is 11.1 Å². The van der Waals surface area contributed by atoms with Crippen molar-refractivity contribution in [3.8, 4) is 5.69 Å². The minimum Gasteiger partial charge on any atom is -0.378 e. The highest BCUT2D eigenvalue weighted by Gasteiger charge is 2.62. The van der Waals surface area contributed by atoms with Gasteiger partial charge in [-0.2, -0.15) is 0 Å². The third-order valence-corrected chi connectivity index (χ3v) is 5.05. The van der Waals surface area contributed by atoms with Gasteiger partial charge in [0.1, 0.15) is 5.54 Å². The average molecular weight is 366 g/mol. The van der Waals surface area contributed by atoms with Crippen molar-refractivity contribution in [2.45, 2.75) is 38.8 Å². The molecule has 3 rings (SSSR count). The van der Waals surface area contributed by atoms with Crippen LogP contribution < -0.4 is 11.1 Å². The molecule has 1 saturated carbocycles. The van der Waals surface area contributed by atoms with E-state index in [1.807, 2.05) is 45.0 Å². The van der Waals surface area contributed by atoms with Gasteiger partial charge in [-0.1, -0.05) is 19.1 Å². The molecule has 0 radical (unpaired) electrons. The molecule has 1 heterocycles. The maximum atomic E-state index is 12.7. The average Bonchev–Trinajstić information content (AvgIpc) is 3.09. The Balaban J connectivity index is 0.00000225. The summed E-state index contributed by atoms with van der Waals surface area (Å²) in [6, 6.07) is 7.37. The first kappa shape index (κ1) is 19.4. The van der Waals surface area contributed by atoms with E-state index in [2.05, 4.69) is 15.6 Å². The lowest BCUT2D eigenvalue weighted by atomic mass is 9.54. The van der Waals surface area contributed by atoms with Crippen LogP contribution in [0.4, 0.5) is 5.69 Å². The molecular weight excluding hydrogens is 342 g/mol. The molecule has 1 aliphatic rings. The quantitative estimate of drug-likeness (QED) is 0.846. The van der Waals surface area contributed by atoms with Crippen LogP contribution in [0.3, 0.4) is 0 Å². The lowest BCUT2D eigenvalue weighted by Gasteiger charge is -2.57. The molecule has 3 N–H and O–H groups in total. The summed E-state index contributed by atoms with van der Waals surface area (Å²) >= 11 is 0. The van der Waals surface area contributed by atoms with E-state index in [1.165, 1.54) is 0 Å². The van der Waals surface area contributed by atoms with Crippen molar-refractivity contribution < 1.29 is 9.53 Å². The highest BCUT2D eigenvalue weighted by molar-refractivity contribution is 5.99. The maximum Gasteiger partial charge on any atom is 0.245 e. The minimum atomic E-state index is -0.933. The Hall–Kier alpha value is -1.96. The molecule has 1 aromatic carbocycles. The fraction of sp³-hybridized carbons (Fsp3) is 0.471. The van der Waals surface area contributed by atoms with Gasteiger partial charge in [-0.15, -0.1) is 17.5 Å². The Morgan fingerprint density at radius 3 is 2.60 bits per heavy atom. The fourth-order valence-electron chi connectivity index (χ4n) is 3.11. The zero-order valence-electron chi connectivity index (χ0n) is 14.6. The van der Waals surface area contributed by atoms with Gasteiger partial charge < -0.3 is 15.8 Å². The van der Waals surface area contributed by atoms with Crippen LogP contribution in [0.15, 0.2) is 36.7 Å². The molecule has 25 heavy (non-hydrogen) atoms. The Kier molecular flexibility index (Phi) is 5.51. The molecule has 1 aromatic heterocycles. The summed E-state index contributed by atoms with van der Waals surface area (Å²) in [6.45, 7) is 6.52. The van der Waals surface area contributed by atoms with Gasteiger partial charge in [-0.05, 0) is 31.2 Å². The third-order valence-electron chi connectivity index (χ3n) is 5.05. The topological polar surface area (TPSA) is 95.1 Å². The van der Waals surface area contributed by atoms with E-state index < -0.39 is 11.0 Å². The summed E-state index contributed by atoms with van der Waals surface area (Å²) in [6.07, 6.45) is 3.90. The number of carbonyl (C=O) groups excluding carboxylic acids is 1. The zero-order chi connectivity index (χ0) is 17.4. The predicted octanol–water partition coefficient (Wildman–Crippen LogP) is 2.16. The van der Waals surface area contributed by atoms with Crippen LogP contribution in [0.5, 0.6) is 0 Å². The van der Waals surface area contributed by atoms with Crippen molar-refractivity contribution in [1.82, 2.24) is 15.0 Å². The minimum absolute atomic E-state index is 0. The van der Waals surface area contributed by atoms with Crippen LogP contribution in [0.25, 0.3) is 5.69 Å². The van der Waals surface area contributed by atoms with Crippen molar-refractivity contribution in [1.29, 1.82) is 0 Å². The number of carbonyl (C=O) groups is 1. The van der Waals surface area contributed by atoms with Crippen LogP contribution in [0.2, 0.25) is 0 Å². The number of rotatable bonds is 5. The van der Waals surface area contributed by atoms with Gasteiger partial charge in [0.15, 0.2) is 0 Å².